The van der Waals surface area contributed by atoms with E-state index in [9.17, 15) is 14.9 Å². The van der Waals surface area contributed by atoms with Gasteiger partial charge in [0, 0.05) is 37.2 Å². The van der Waals surface area contributed by atoms with Gasteiger partial charge in [-0.2, -0.15) is 0 Å². The number of aliphatic imine (C=N–C) groups is 1. The Hall–Kier alpha value is -3.10. The molecule has 0 bridgehead atoms. The molecule has 3 aliphatic heterocycles. The molecule has 2 N–H and O–H groups in total. The summed E-state index contributed by atoms with van der Waals surface area (Å²) in [6.07, 6.45) is 6.09. The molecule has 9 nitrogen and oxygen atoms in total. The molecule has 1 aromatic carbocycles. The topological polar surface area (TPSA) is 103 Å². The smallest absolute Gasteiger partial charge is 0.327 e. The fourth-order valence-corrected chi connectivity index (χ4v) is 5.14. The molecular weight excluding hydrogens is 396 g/mol. The average molecular weight is 425 g/mol. The number of urea groups is 1. The number of hydrogen-bond acceptors (Lipinski definition) is 6. The van der Waals surface area contributed by atoms with E-state index in [0.29, 0.717) is 25.4 Å². The Morgan fingerprint density at radius 1 is 1.23 bits per heavy atom. The van der Waals surface area contributed by atoms with Gasteiger partial charge in [-0.25, -0.2) is 9.79 Å². The van der Waals surface area contributed by atoms with Crippen LogP contribution in [0.1, 0.15) is 44.6 Å². The van der Waals surface area contributed by atoms with E-state index < -0.39 is 0 Å². The van der Waals surface area contributed by atoms with Gasteiger partial charge in [0.05, 0.1) is 4.92 Å². The van der Waals surface area contributed by atoms with Gasteiger partial charge in [-0.15, -0.1) is 0 Å². The summed E-state index contributed by atoms with van der Waals surface area (Å²) < 4.78 is 0. The van der Waals surface area contributed by atoms with Crippen LogP contribution in [0.25, 0.3) is 0 Å². The zero-order valence-corrected chi connectivity index (χ0v) is 17.7. The van der Waals surface area contributed by atoms with E-state index in [1.165, 1.54) is 25.0 Å². The third-order valence-electron chi connectivity index (χ3n) is 6.66. The van der Waals surface area contributed by atoms with Crippen molar-refractivity contribution in [2.75, 3.05) is 13.1 Å². The number of nitro benzene ring substituents is 1. The summed E-state index contributed by atoms with van der Waals surface area (Å²) in [7, 11) is 0. The van der Waals surface area contributed by atoms with Gasteiger partial charge < -0.3 is 10.6 Å². The molecule has 4 aliphatic rings. The summed E-state index contributed by atoms with van der Waals surface area (Å²) in [5, 5.41) is 18.0. The number of benzene rings is 1. The number of carbonyl (C=O) groups is 1. The average Bonchev–Trinajstić information content (AvgIpc) is 3.50. The van der Waals surface area contributed by atoms with E-state index in [2.05, 4.69) is 17.6 Å². The van der Waals surface area contributed by atoms with Gasteiger partial charge in [-0.05, 0) is 31.2 Å². The van der Waals surface area contributed by atoms with E-state index in [0.717, 1.165) is 42.2 Å². The fraction of sp³-hybridized carbons (Fsp3) is 0.545. The van der Waals surface area contributed by atoms with Crippen molar-refractivity contribution < 1.29 is 9.72 Å². The van der Waals surface area contributed by atoms with Crippen LogP contribution in [0.3, 0.4) is 0 Å². The van der Waals surface area contributed by atoms with E-state index in [1.54, 1.807) is 12.1 Å². The number of nitrogens with one attached hydrogen (secondary N) is 2. The zero-order chi connectivity index (χ0) is 21.5. The van der Waals surface area contributed by atoms with Crippen molar-refractivity contribution in [2.45, 2.75) is 57.7 Å². The Labute approximate surface area is 181 Å². The first-order valence-corrected chi connectivity index (χ1v) is 11.2. The quantitative estimate of drug-likeness (QED) is 0.540. The summed E-state index contributed by atoms with van der Waals surface area (Å²) in [6, 6.07) is 6.69. The molecule has 2 atom stereocenters. The predicted molar refractivity (Wildman–Crippen MR) is 116 cm³/mol. The van der Waals surface area contributed by atoms with Crippen molar-refractivity contribution in [3.63, 3.8) is 0 Å². The van der Waals surface area contributed by atoms with Gasteiger partial charge in [0.25, 0.3) is 5.69 Å². The number of rotatable bonds is 6. The van der Waals surface area contributed by atoms with Crippen LogP contribution in [0.4, 0.5) is 10.5 Å². The molecule has 1 saturated carbocycles. The van der Waals surface area contributed by atoms with Crippen LogP contribution in [0, 0.1) is 16.0 Å². The summed E-state index contributed by atoms with van der Waals surface area (Å²) in [5.74, 6) is 2.33. The van der Waals surface area contributed by atoms with Crippen LogP contribution in [0.2, 0.25) is 0 Å². The monoisotopic (exact) mass is 424 g/mol. The predicted octanol–water partition coefficient (Wildman–Crippen LogP) is 2.94. The van der Waals surface area contributed by atoms with Crippen LogP contribution in [-0.2, 0) is 6.42 Å². The van der Waals surface area contributed by atoms with Gasteiger partial charge in [0.2, 0.25) is 0 Å². The van der Waals surface area contributed by atoms with Crippen molar-refractivity contribution in [2.24, 2.45) is 10.9 Å². The molecule has 3 heterocycles. The Bertz CT molecular complexity index is 950. The molecule has 2 amide bonds. The highest BCUT2D eigenvalue weighted by Gasteiger charge is 2.47. The third kappa shape index (κ3) is 3.51. The van der Waals surface area contributed by atoms with Crippen molar-refractivity contribution in [3.05, 3.63) is 51.5 Å². The minimum Gasteiger partial charge on any atom is -0.365 e. The summed E-state index contributed by atoms with van der Waals surface area (Å²) in [5.41, 5.74) is 2.08. The number of nitrogens with zero attached hydrogens (tertiary/aromatic N) is 4. The number of carbonyl (C=O) groups excluding carboxylic acids is 1. The lowest BCUT2D eigenvalue weighted by atomic mass is 10.1. The maximum atomic E-state index is 13.3. The van der Waals surface area contributed by atoms with Crippen molar-refractivity contribution in [1.29, 1.82) is 0 Å². The van der Waals surface area contributed by atoms with Gasteiger partial charge in [-0.1, -0.05) is 31.9 Å². The Morgan fingerprint density at radius 3 is 2.65 bits per heavy atom. The lowest BCUT2D eigenvalue weighted by Gasteiger charge is -2.36. The second-order valence-corrected chi connectivity index (χ2v) is 8.81. The Balaban J connectivity index is 1.38. The Kier molecular flexibility index (Phi) is 5.03. The molecular formula is C22H28N6O3. The van der Waals surface area contributed by atoms with E-state index in [-0.39, 0.29) is 28.8 Å². The number of amidine groups is 1. The molecule has 1 aromatic rings. The molecule has 2 fully saturated rings. The zero-order valence-electron chi connectivity index (χ0n) is 17.7. The number of nitro groups is 1. The number of amides is 2. The summed E-state index contributed by atoms with van der Waals surface area (Å²) in [6.45, 7) is 3.32. The highest BCUT2D eigenvalue weighted by Crippen LogP contribution is 2.35. The molecule has 2 unspecified atom stereocenters. The van der Waals surface area contributed by atoms with Crippen LogP contribution in [0.15, 0.2) is 40.8 Å². The fourth-order valence-electron chi connectivity index (χ4n) is 5.14. The van der Waals surface area contributed by atoms with Crippen LogP contribution in [0.5, 0.6) is 0 Å². The van der Waals surface area contributed by atoms with Crippen molar-refractivity contribution in [3.8, 4) is 0 Å². The maximum Gasteiger partial charge on any atom is 0.327 e. The van der Waals surface area contributed by atoms with E-state index in [4.69, 9.17) is 4.99 Å². The highest BCUT2D eigenvalue weighted by atomic mass is 16.6. The number of hydrogen-bond donors (Lipinski definition) is 2. The molecule has 0 radical (unpaired) electrons. The molecule has 5 rings (SSSR count). The van der Waals surface area contributed by atoms with Crippen molar-refractivity contribution >= 4 is 17.6 Å². The van der Waals surface area contributed by atoms with E-state index in [1.807, 2.05) is 9.80 Å². The van der Waals surface area contributed by atoms with Crippen LogP contribution < -0.4 is 10.6 Å². The van der Waals surface area contributed by atoms with E-state index >= 15 is 0 Å². The molecule has 1 aliphatic carbocycles. The molecule has 1 saturated heterocycles. The first kappa shape index (κ1) is 19.8. The first-order valence-electron chi connectivity index (χ1n) is 11.2. The molecule has 31 heavy (non-hydrogen) atoms. The minimum atomic E-state index is -0.390. The number of non-ortho nitro benzene ring substituents is 1. The van der Waals surface area contributed by atoms with Crippen molar-refractivity contribution in [1.82, 2.24) is 20.4 Å². The van der Waals surface area contributed by atoms with Gasteiger partial charge in [-0.3, -0.25) is 19.9 Å². The molecule has 0 spiro atoms. The Morgan fingerprint density at radius 2 is 1.97 bits per heavy atom. The van der Waals surface area contributed by atoms with Gasteiger partial charge in [0.15, 0.2) is 6.17 Å². The number of fused-ring (bicyclic) bond motifs is 2. The van der Waals surface area contributed by atoms with Crippen LogP contribution >= 0.6 is 0 Å². The van der Waals surface area contributed by atoms with Gasteiger partial charge in [0.1, 0.15) is 17.4 Å². The summed E-state index contributed by atoms with van der Waals surface area (Å²) in [4.78, 5) is 32.5. The SMILES string of the molecule is CCCN1C(=O)N2CC(Cc3ccc([N+](=O)[O-])cc3)NC2=C2NC(C3CCCC3)=NC21. The molecule has 9 heteroatoms. The second-order valence-electron chi connectivity index (χ2n) is 8.81. The second kappa shape index (κ2) is 7.86. The molecule has 0 aromatic heterocycles. The lowest BCUT2D eigenvalue weighted by Crippen LogP contribution is -2.53. The van der Waals surface area contributed by atoms with Crippen LogP contribution in [-0.4, -0.2) is 51.9 Å². The summed E-state index contributed by atoms with van der Waals surface area (Å²) >= 11 is 0. The normalized spacial score (nSPS) is 25.3. The lowest BCUT2D eigenvalue weighted by molar-refractivity contribution is -0.384. The van der Waals surface area contributed by atoms with Gasteiger partial charge >= 0.3 is 6.03 Å². The minimum absolute atomic E-state index is 0.00233. The highest BCUT2D eigenvalue weighted by molar-refractivity contribution is 5.91. The first-order chi connectivity index (χ1) is 15.0. The maximum absolute atomic E-state index is 13.3. The molecule has 164 valence electrons. The third-order valence-corrected chi connectivity index (χ3v) is 6.66. The standard InChI is InChI=1S/C22H28N6O3/c1-2-11-26-21-18(24-19(25-21)15-5-3-4-6-15)20-23-16(13-27(20)22(26)29)12-14-7-9-17(10-8-14)28(30)31/h7-10,15-16,21,23H,2-6,11-13H2,1H3,(H,24,25). The largest absolute Gasteiger partial charge is 0.365 e.